The van der Waals surface area contributed by atoms with Crippen molar-refractivity contribution in [2.24, 2.45) is 5.92 Å². The van der Waals surface area contributed by atoms with Crippen molar-refractivity contribution in [3.8, 4) is 5.75 Å². The predicted molar refractivity (Wildman–Crippen MR) is 114 cm³/mol. The summed E-state index contributed by atoms with van der Waals surface area (Å²) < 4.78 is 5.26. The number of carbonyl (C=O) groups excluding carboxylic acids is 2. The minimum atomic E-state index is -0.917. The number of nitrogens with zero attached hydrogens (tertiary/aromatic N) is 1. The molecule has 2 aromatic carbocycles. The van der Waals surface area contributed by atoms with Gasteiger partial charge in [0.1, 0.15) is 11.3 Å². The Kier molecular flexibility index (Phi) is 6.26. The van der Waals surface area contributed by atoms with E-state index < -0.39 is 5.54 Å². The van der Waals surface area contributed by atoms with E-state index in [-0.39, 0.29) is 11.8 Å². The SMILES string of the molecule is COc1cccc(CNC(=O)C2(C)Cc3ccccc3C(=O)N2CCC(C)C)c1. The van der Waals surface area contributed by atoms with Crippen molar-refractivity contribution in [3.63, 3.8) is 0 Å². The molecule has 0 aromatic heterocycles. The van der Waals surface area contributed by atoms with Crippen molar-refractivity contribution in [1.82, 2.24) is 10.2 Å². The third-order valence-corrected chi connectivity index (χ3v) is 5.63. The molecule has 0 saturated carbocycles. The Bertz CT molecular complexity index is 893. The van der Waals surface area contributed by atoms with Crippen LogP contribution in [0.4, 0.5) is 0 Å². The summed E-state index contributed by atoms with van der Waals surface area (Å²) in [4.78, 5) is 28.3. The van der Waals surface area contributed by atoms with Crippen LogP contribution < -0.4 is 10.1 Å². The first-order valence-electron chi connectivity index (χ1n) is 10.2. The van der Waals surface area contributed by atoms with Gasteiger partial charge < -0.3 is 15.0 Å². The summed E-state index contributed by atoms with van der Waals surface area (Å²) in [6.07, 6.45) is 1.36. The zero-order chi connectivity index (χ0) is 21.0. The van der Waals surface area contributed by atoms with E-state index >= 15 is 0 Å². The lowest BCUT2D eigenvalue weighted by molar-refractivity contribution is -0.132. The van der Waals surface area contributed by atoms with Crippen LogP contribution in [0.2, 0.25) is 0 Å². The smallest absolute Gasteiger partial charge is 0.255 e. The van der Waals surface area contributed by atoms with Crippen molar-refractivity contribution < 1.29 is 14.3 Å². The van der Waals surface area contributed by atoms with Gasteiger partial charge in [-0.25, -0.2) is 0 Å². The zero-order valence-electron chi connectivity index (χ0n) is 17.7. The second-order valence-electron chi connectivity index (χ2n) is 8.28. The van der Waals surface area contributed by atoms with Crippen LogP contribution in [0.15, 0.2) is 48.5 Å². The summed E-state index contributed by atoms with van der Waals surface area (Å²) in [7, 11) is 1.62. The maximum Gasteiger partial charge on any atom is 0.255 e. The minimum absolute atomic E-state index is 0.0634. The van der Waals surface area contributed by atoms with Crippen molar-refractivity contribution in [3.05, 3.63) is 65.2 Å². The third kappa shape index (κ3) is 4.44. The number of nitrogens with one attached hydrogen (secondary N) is 1. The van der Waals surface area contributed by atoms with Gasteiger partial charge in [0, 0.05) is 25.1 Å². The standard InChI is InChI=1S/C24H30N2O3/c1-17(2)12-13-26-22(27)21-11-6-5-9-19(21)15-24(26,3)23(28)25-16-18-8-7-10-20(14-18)29-4/h5-11,14,17H,12-13,15-16H2,1-4H3,(H,25,28). The number of amides is 2. The number of ether oxygens (including phenoxy) is 1. The minimum Gasteiger partial charge on any atom is -0.497 e. The van der Waals surface area contributed by atoms with Crippen LogP contribution >= 0.6 is 0 Å². The van der Waals surface area contributed by atoms with Crippen LogP contribution in [0.3, 0.4) is 0 Å². The Hall–Kier alpha value is -2.82. The van der Waals surface area contributed by atoms with Gasteiger partial charge in [-0.3, -0.25) is 9.59 Å². The van der Waals surface area contributed by atoms with Crippen LogP contribution in [0.1, 0.15) is 48.7 Å². The normalized spacial score (nSPS) is 18.5. The Morgan fingerprint density at radius 1 is 1.21 bits per heavy atom. The van der Waals surface area contributed by atoms with Gasteiger partial charge in [-0.2, -0.15) is 0 Å². The van der Waals surface area contributed by atoms with Crippen LogP contribution in [0.5, 0.6) is 5.75 Å². The van der Waals surface area contributed by atoms with Crippen molar-refractivity contribution in [1.29, 1.82) is 0 Å². The maximum absolute atomic E-state index is 13.3. The van der Waals surface area contributed by atoms with Crippen molar-refractivity contribution >= 4 is 11.8 Å². The number of rotatable bonds is 7. The van der Waals surface area contributed by atoms with Crippen LogP contribution in [-0.4, -0.2) is 35.9 Å². The lowest BCUT2D eigenvalue weighted by Gasteiger charge is -2.44. The molecule has 0 spiro atoms. The first kappa shape index (κ1) is 20.9. The Balaban J connectivity index is 1.84. The Morgan fingerprint density at radius 2 is 1.97 bits per heavy atom. The number of benzene rings is 2. The van der Waals surface area contributed by atoms with Crippen LogP contribution in [0.25, 0.3) is 0 Å². The van der Waals surface area contributed by atoms with Gasteiger partial charge in [-0.1, -0.05) is 44.2 Å². The van der Waals surface area contributed by atoms with E-state index in [1.165, 1.54) is 0 Å². The fourth-order valence-corrected chi connectivity index (χ4v) is 3.81. The van der Waals surface area contributed by atoms with Crippen LogP contribution in [0, 0.1) is 5.92 Å². The first-order chi connectivity index (χ1) is 13.8. The van der Waals surface area contributed by atoms with E-state index in [4.69, 9.17) is 4.74 Å². The van der Waals surface area contributed by atoms with Gasteiger partial charge in [0.25, 0.3) is 5.91 Å². The highest BCUT2D eigenvalue weighted by atomic mass is 16.5. The fraction of sp³-hybridized carbons (Fsp3) is 0.417. The number of hydrogen-bond donors (Lipinski definition) is 1. The second-order valence-corrected chi connectivity index (χ2v) is 8.28. The molecule has 5 heteroatoms. The fourth-order valence-electron chi connectivity index (χ4n) is 3.81. The van der Waals surface area contributed by atoms with Gasteiger partial charge >= 0.3 is 0 Å². The number of hydrogen-bond acceptors (Lipinski definition) is 3. The first-order valence-corrected chi connectivity index (χ1v) is 10.2. The highest BCUT2D eigenvalue weighted by Crippen LogP contribution is 2.32. The molecule has 0 saturated heterocycles. The molecule has 1 heterocycles. The molecule has 1 unspecified atom stereocenters. The molecule has 0 fully saturated rings. The molecule has 29 heavy (non-hydrogen) atoms. The zero-order valence-corrected chi connectivity index (χ0v) is 17.7. The van der Waals surface area contributed by atoms with E-state index in [2.05, 4.69) is 19.2 Å². The molecule has 2 amide bonds. The van der Waals surface area contributed by atoms with Gasteiger partial charge in [-0.05, 0) is 48.6 Å². The van der Waals surface area contributed by atoms with E-state index in [9.17, 15) is 9.59 Å². The highest BCUT2D eigenvalue weighted by Gasteiger charge is 2.46. The lowest BCUT2D eigenvalue weighted by atomic mass is 9.82. The molecule has 5 nitrogen and oxygen atoms in total. The van der Waals surface area contributed by atoms with Crippen molar-refractivity contribution in [2.45, 2.75) is 45.7 Å². The summed E-state index contributed by atoms with van der Waals surface area (Å²) in [5.41, 5.74) is 1.67. The number of methoxy groups -OCH3 is 1. The van der Waals surface area contributed by atoms with Crippen molar-refractivity contribution in [2.75, 3.05) is 13.7 Å². The summed E-state index contributed by atoms with van der Waals surface area (Å²) in [6, 6.07) is 15.2. The molecule has 1 N–H and O–H groups in total. The van der Waals surface area contributed by atoms with Gasteiger partial charge in [0.05, 0.1) is 7.11 Å². The molecular weight excluding hydrogens is 364 g/mol. The number of carbonyl (C=O) groups is 2. The molecule has 3 rings (SSSR count). The van der Waals surface area contributed by atoms with E-state index in [1.54, 1.807) is 12.0 Å². The topological polar surface area (TPSA) is 58.6 Å². The molecule has 1 aliphatic heterocycles. The molecular formula is C24H30N2O3. The third-order valence-electron chi connectivity index (χ3n) is 5.63. The lowest BCUT2D eigenvalue weighted by Crippen LogP contribution is -2.62. The average Bonchev–Trinajstić information content (AvgIpc) is 2.71. The molecule has 1 atom stereocenters. The summed E-state index contributed by atoms with van der Waals surface area (Å²) >= 11 is 0. The van der Waals surface area contributed by atoms with E-state index in [1.807, 2.05) is 55.5 Å². The van der Waals surface area contributed by atoms with Gasteiger partial charge in [-0.15, -0.1) is 0 Å². The van der Waals surface area contributed by atoms with E-state index in [0.717, 1.165) is 23.3 Å². The summed E-state index contributed by atoms with van der Waals surface area (Å²) in [6.45, 7) is 7.08. The monoisotopic (exact) mass is 394 g/mol. The quantitative estimate of drug-likeness (QED) is 0.777. The number of fused-ring (bicyclic) bond motifs is 1. The van der Waals surface area contributed by atoms with Crippen LogP contribution in [-0.2, 0) is 17.8 Å². The molecule has 0 radical (unpaired) electrons. The summed E-state index contributed by atoms with van der Waals surface area (Å²) in [5, 5.41) is 3.04. The molecule has 154 valence electrons. The second kappa shape index (κ2) is 8.68. The Morgan fingerprint density at radius 3 is 2.69 bits per heavy atom. The highest BCUT2D eigenvalue weighted by molar-refractivity contribution is 6.02. The largest absolute Gasteiger partial charge is 0.497 e. The summed E-state index contributed by atoms with van der Waals surface area (Å²) in [5.74, 6) is 1.01. The van der Waals surface area contributed by atoms with Gasteiger partial charge in [0.15, 0.2) is 0 Å². The molecule has 1 aliphatic rings. The maximum atomic E-state index is 13.3. The molecule has 2 aromatic rings. The van der Waals surface area contributed by atoms with E-state index in [0.29, 0.717) is 31.0 Å². The Labute approximate surface area is 173 Å². The predicted octanol–water partition coefficient (Wildman–Crippen LogP) is 3.81. The molecule has 0 bridgehead atoms. The average molecular weight is 395 g/mol. The molecule has 0 aliphatic carbocycles. The van der Waals surface area contributed by atoms with Gasteiger partial charge in [0.2, 0.25) is 5.91 Å².